The van der Waals surface area contributed by atoms with Gasteiger partial charge in [-0.3, -0.25) is 0 Å². The number of aliphatic imine (C=N–C) groups is 1. The molecule has 142 valence electrons. The van der Waals surface area contributed by atoms with Gasteiger partial charge in [-0.15, -0.1) is 24.0 Å². The first kappa shape index (κ1) is 20.6. The number of hydrogen-bond donors (Lipinski definition) is 2. The van der Waals surface area contributed by atoms with Crippen LogP contribution in [0.5, 0.6) is 11.5 Å². The third-order valence-electron chi connectivity index (χ3n) is 3.73. The van der Waals surface area contributed by atoms with Gasteiger partial charge < -0.3 is 24.5 Å². The molecule has 0 fully saturated rings. The Hall–Kier alpha value is -1.68. The molecule has 0 saturated carbocycles. The molecule has 0 spiro atoms. The zero-order chi connectivity index (χ0) is 17.8. The van der Waals surface area contributed by atoms with Crippen molar-refractivity contribution < 1.29 is 13.9 Å². The quantitative estimate of drug-likeness (QED) is 0.377. The van der Waals surface area contributed by atoms with Crippen LogP contribution >= 0.6 is 35.6 Å². The molecule has 2 heterocycles. The molecule has 0 radical (unpaired) electrons. The zero-order valence-electron chi connectivity index (χ0n) is 14.9. The van der Waals surface area contributed by atoms with E-state index in [2.05, 4.69) is 20.6 Å². The smallest absolute Gasteiger partial charge is 0.231 e. The number of benzene rings is 1. The fraction of sp³-hybridized carbons (Fsp3) is 0.412. The second-order valence-electron chi connectivity index (χ2n) is 5.61. The minimum absolute atomic E-state index is 0. The first-order chi connectivity index (χ1) is 12.1. The largest absolute Gasteiger partial charge is 0.454 e. The highest BCUT2D eigenvalue weighted by atomic mass is 127. The highest BCUT2D eigenvalue weighted by molar-refractivity contribution is 14.0. The van der Waals surface area contributed by atoms with Crippen molar-refractivity contribution >= 4 is 41.5 Å². The fourth-order valence-electron chi connectivity index (χ4n) is 2.40. The average molecular weight is 493 g/mol. The van der Waals surface area contributed by atoms with E-state index in [-0.39, 0.29) is 30.8 Å². The van der Waals surface area contributed by atoms with E-state index in [1.807, 2.05) is 32.9 Å². The summed E-state index contributed by atoms with van der Waals surface area (Å²) in [4.78, 5) is 8.92. The van der Waals surface area contributed by atoms with Crippen molar-refractivity contribution in [2.45, 2.75) is 33.9 Å². The van der Waals surface area contributed by atoms with Crippen LogP contribution in [0.3, 0.4) is 0 Å². The Labute approximate surface area is 174 Å². The number of nitrogens with zero attached hydrogens (tertiary/aromatic N) is 2. The Kier molecular flexibility index (Phi) is 7.39. The Morgan fingerprint density at radius 3 is 2.77 bits per heavy atom. The number of aromatic nitrogens is 1. The van der Waals surface area contributed by atoms with Gasteiger partial charge in [0, 0.05) is 6.54 Å². The minimum atomic E-state index is 0. The number of fused-ring (bicyclic) bond motifs is 1. The van der Waals surface area contributed by atoms with Crippen LogP contribution in [0, 0.1) is 13.8 Å². The van der Waals surface area contributed by atoms with Crippen molar-refractivity contribution in [3.8, 4) is 11.5 Å². The molecule has 1 aromatic carbocycles. The normalized spacial score (nSPS) is 12.7. The minimum Gasteiger partial charge on any atom is -0.454 e. The standard InChI is InChI=1S/C17H21ClN4O3.HI/c1-4-19-17(21-8-15-22-10(2)11(3)25-15)20-7-12-5-13(18)16-14(6-12)23-9-24-16;/h5-6H,4,7-9H2,1-3H3,(H2,19,20,21);1H. The number of aryl methyl sites for hydroxylation is 2. The lowest BCUT2D eigenvalue weighted by molar-refractivity contribution is 0.174. The van der Waals surface area contributed by atoms with E-state index in [4.69, 9.17) is 25.5 Å². The third-order valence-corrected chi connectivity index (χ3v) is 4.01. The molecule has 26 heavy (non-hydrogen) atoms. The van der Waals surface area contributed by atoms with Crippen LogP contribution in [0.4, 0.5) is 0 Å². The molecule has 7 nitrogen and oxygen atoms in total. The van der Waals surface area contributed by atoms with E-state index in [1.54, 1.807) is 0 Å². The maximum Gasteiger partial charge on any atom is 0.231 e. The summed E-state index contributed by atoms with van der Waals surface area (Å²) in [6.07, 6.45) is 0. The Morgan fingerprint density at radius 2 is 2.08 bits per heavy atom. The molecule has 0 atom stereocenters. The van der Waals surface area contributed by atoms with Crippen molar-refractivity contribution in [1.29, 1.82) is 0 Å². The Bertz CT molecular complexity index is 775. The molecule has 0 bridgehead atoms. The summed E-state index contributed by atoms with van der Waals surface area (Å²) in [6.45, 7) is 7.68. The van der Waals surface area contributed by atoms with Gasteiger partial charge >= 0.3 is 0 Å². The molecular formula is C17H22ClIN4O3. The highest BCUT2D eigenvalue weighted by Gasteiger charge is 2.18. The van der Waals surface area contributed by atoms with E-state index in [0.717, 1.165) is 23.6 Å². The number of hydrogen-bond acceptors (Lipinski definition) is 5. The molecule has 1 aromatic heterocycles. The highest BCUT2D eigenvalue weighted by Crippen LogP contribution is 2.39. The topological polar surface area (TPSA) is 80.9 Å². The molecule has 9 heteroatoms. The van der Waals surface area contributed by atoms with Crippen molar-refractivity contribution in [2.75, 3.05) is 13.3 Å². The molecule has 2 N–H and O–H groups in total. The molecule has 0 amide bonds. The fourth-order valence-corrected chi connectivity index (χ4v) is 2.69. The number of halogens is 2. The van der Waals surface area contributed by atoms with Crippen molar-refractivity contribution in [1.82, 2.24) is 15.6 Å². The van der Waals surface area contributed by atoms with Crippen LogP contribution in [0.25, 0.3) is 0 Å². The maximum absolute atomic E-state index is 6.20. The third kappa shape index (κ3) is 4.94. The van der Waals surface area contributed by atoms with E-state index in [1.165, 1.54) is 0 Å². The van der Waals surface area contributed by atoms with Gasteiger partial charge in [0.2, 0.25) is 12.7 Å². The van der Waals surface area contributed by atoms with Gasteiger partial charge in [-0.2, -0.15) is 0 Å². The van der Waals surface area contributed by atoms with Gasteiger partial charge in [-0.05, 0) is 38.5 Å². The molecule has 2 aromatic rings. The van der Waals surface area contributed by atoms with Gasteiger partial charge in [-0.1, -0.05) is 11.6 Å². The molecular weight excluding hydrogens is 471 g/mol. The van der Waals surface area contributed by atoms with Crippen LogP contribution in [0.1, 0.15) is 29.8 Å². The second-order valence-corrected chi connectivity index (χ2v) is 6.02. The zero-order valence-corrected chi connectivity index (χ0v) is 18.0. The first-order valence-electron chi connectivity index (χ1n) is 8.10. The van der Waals surface area contributed by atoms with E-state index in [0.29, 0.717) is 41.5 Å². The number of guanidine groups is 1. The SMILES string of the molecule is CCNC(=NCc1cc(Cl)c2c(c1)OCO2)NCc1nc(C)c(C)o1.I. The average Bonchev–Trinajstić information content (AvgIpc) is 3.17. The summed E-state index contributed by atoms with van der Waals surface area (Å²) in [5.74, 6) is 3.38. The summed E-state index contributed by atoms with van der Waals surface area (Å²) < 4.78 is 16.3. The summed E-state index contributed by atoms with van der Waals surface area (Å²) >= 11 is 6.20. The van der Waals surface area contributed by atoms with Gasteiger partial charge in [0.05, 0.1) is 23.8 Å². The molecule has 1 aliphatic heterocycles. The maximum atomic E-state index is 6.20. The van der Waals surface area contributed by atoms with Crippen LogP contribution in [-0.4, -0.2) is 24.3 Å². The van der Waals surface area contributed by atoms with Gasteiger partial charge in [-0.25, -0.2) is 9.98 Å². The lowest BCUT2D eigenvalue weighted by atomic mass is 10.2. The molecule has 0 saturated heterocycles. The summed E-state index contributed by atoms with van der Waals surface area (Å²) in [5, 5.41) is 6.93. The number of oxazole rings is 1. The second kappa shape index (κ2) is 9.31. The lowest BCUT2D eigenvalue weighted by Gasteiger charge is -2.10. The molecule has 0 unspecified atom stereocenters. The molecule has 0 aliphatic carbocycles. The molecule has 3 rings (SSSR count). The van der Waals surface area contributed by atoms with Crippen molar-refractivity contribution in [3.63, 3.8) is 0 Å². The van der Waals surface area contributed by atoms with Crippen molar-refractivity contribution in [2.24, 2.45) is 4.99 Å². The Balaban J connectivity index is 0.00000243. The van der Waals surface area contributed by atoms with Crippen LogP contribution in [0.2, 0.25) is 5.02 Å². The summed E-state index contributed by atoms with van der Waals surface area (Å²) in [6, 6.07) is 3.73. The Morgan fingerprint density at radius 1 is 1.27 bits per heavy atom. The summed E-state index contributed by atoms with van der Waals surface area (Å²) in [5.41, 5.74) is 1.84. The van der Waals surface area contributed by atoms with E-state index >= 15 is 0 Å². The lowest BCUT2D eigenvalue weighted by Crippen LogP contribution is -2.36. The number of rotatable bonds is 5. The summed E-state index contributed by atoms with van der Waals surface area (Å²) in [7, 11) is 0. The number of ether oxygens (including phenoxy) is 2. The van der Waals surface area contributed by atoms with Gasteiger partial charge in [0.25, 0.3) is 0 Å². The van der Waals surface area contributed by atoms with Crippen LogP contribution < -0.4 is 20.1 Å². The molecule has 1 aliphatic rings. The predicted octanol–water partition coefficient (Wildman–Crippen LogP) is 3.55. The van der Waals surface area contributed by atoms with Gasteiger partial charge in [0.1, 0.15) is 5.76 Å². The van der Waals surface area contributed by atoms with E-state index < -0.39 is 0 Å². The van der Waals surface area contributed by atoms with Gasteiger partial charge in [0.15, 0.2) is 17.5 Å². The number of nitrogens with one attached hydrogen (secondary N) is 2. The predicted molar refractivity (Wildman–Crippen MR) is 111 cm³/mol. The monoisotopic (exact) mass is 492 g/mol. The first-order valence-corrected chi connectivity index (χ1v) is 8.47. The van der Waals surface area contributed by atoms with Crippen LogP contribution in [-0.2, 0) is 13.1 Å². The van der Waals surface area contributed by atoms with Crippen LogP contribution in [0.15, 0.2) is 21.5 Å². The van der Waals surface area contributed by atoms with Crippen molar-refractivity contribution in [3.05, 3.63) is 40.1 Å². The van der Waals surface area contributed by atoms with E-state index in [9.17, 15) is 0 Å².